The average Bonchev–Trinajstić information content (AvgIpc) is 3.60. The van der Waals surface area contributed by atoms with Crippen LogP contribution in [0.4, 0.5) is 4.39 Å². The standard InChI is InChI=1S/C28H27FN4O3/c1-32(14-4-8-23-17-24(31-30-23)19-10-12-22(29)13-11-19)27(34)25-16-20-6-2-3-7-21(20)18-33(25)28(35)26-9-5-15-36-26/h2-3,5-7,9-13,15,17,25H,4,8,14,16,18H2,1H3,(H,30,31). The summed E-state index contributed by atoms with van der Waals surface area (Å²) < 4.78 is 18.5. The Morgan fingerprint density at radius 1 is 1.11 bits per heavy atom. The second-order valence-corrected chi connectivity index (χ2v) is 9.05. The van der Waals surface area contributed by atoms with Crippen LogP contribution in [0.1, 0.15) is 33.8 Å². The summed E-state index contributed by atoms with van der Waals surface area (Å²) >= 11 is 0. The number of furan rings is 1. The van der Waals surface area contributed by atoms with Crippen molar-refractivity contribution < 1.29 is 18.4 Å². The van der Waals surface area contributed by atoms with Crippen LogP contribution in [0.25, 0.3) is 11.3 Å². The molecule has 184 valence electrons. The van der Waals surface area contributed by atoms with Gasteiger partial charge in [0.1, 0.15) is 11.9 Å². The predicted molar refractivity (Wildman–Crippen MR) is 132 cm³/mol. The Kier molecular flexibility index (Phi) is 6.66. The number of fused-ring (bicyclic) bond motifs is 1. The first-order valence-electron chi connectivity index (χ1n) is 12.0. The zero-order chi connectivity index (χ0) is 25.1. The van der Waals surface area contributed by atoms with Gasteiger partial charge in [-0.15, -0.1) is 0 Å². The van der Waals surface area contributed by atoms with Crippen molar-refractivity contribution in [3.05, 3.63) is 101 Å². The van der Waals surface area contributed by atoms with Gasteiger partial charge in [-0.25, -0.2) is 4.39 Å². The molecule has 0 fully saturated rings. The number of hydrogen-bond donors (Lipinski definition) is 1. The van der Waals surface area contributed by atoms with Gasteiger partial charge in [0.25, 0.3) is 5.91 Å². The van der Waals surface area contributed by atoms with Gasteiger partial charge in [-0.1, -0.05) is 24.3 Å². The van der Waals surface area contributed by atoms with Crippen molar-refractivity contribution in [1.82, 2.24) is 20.0 Å². The maximum absolute atomic E-state index is 13.5. The summed E-state index contributed by atoms with van der Waals surface area (Å²) in [5.74, 6) is -0.438. The van der Waals surface area contributed by atoms with E-state index in [0.29, 0.717) is 25.9 Å². The van der Waals surface area contributed by atoms with Gasteiger partial charge in [0.05, 0.1) is 12.0 Å². The molecule has 0 spiro atoms. The van der Waals surface area contributed by atoms with Crippen molar-refractivity contribution in [3.8, 4) is 11.3 Å². The number of amides is 2. The molecule has 1 atom stereocenters. The molecule has 3 heterocycles. The summed E-state index contributed by atoms with van der Waals surface area (Å²) in [7, 11) is 1.77. The normalized spacial score (nSPS) is 14.9. The Labute approximate surface area is 208 Å². The highest BCUT2D eigenvalue weighted by molar-refractivity contribution is 5.96. The fourth-order valence-corrected chi connectivity index (χ4v) is 4.63. The number of aryl methyl sites for hydroxylation is 1. The third-order valence-electron chi connectivity index (χ3n) is 6.61. The Hall–Kier alpha value is -4.20. The van der Waals surface area contributed by atoms with Crippen molar-refractivity contribution in [2.75, 3.05) is 13.6 Å². The fourth-order valence-electron chi connectivity index (χ4n) is 4.63. The number of halogens is 1. The van der Waals surface area contributed by atoms with E-state index in [1.807, 2.05) is 30.3 Å². The number of H-pyrrole nitrogens is 1. The van der Waals surface area contributed by atoms with Crippen LogP contribution in [-0.2, 0) is 24.2 Å². The Bertz CT molecular complexity index is 1350. The molecule has 0 bridgehead atoms. The number of rotatable bonds is 7. The van der Waals surface area contributed by atoms with E-state index in [0.717, 1.165) is 34.5 Å². The van der Waals surface area contributed by atoms with E-state index >= 15 is 0 Å². The number of aromatic nitrogens is 2. The van der Waals surface area contributed by atoms with E-state index in [1.54, 1.807) is 41.1 Å². The number of carbonyl (C=O) groups excluding carboxylic acids is 2. The van der Waals surface area contributed by atoms with E-state index in [1.165, 1.54) is 18.4 Å². The monoisotopic (exact) mass is 486 g/mol. The Balaban J connectivity index is 1.23. The highest BCUT2D eigenvalue weighted by Crippen LogP contribution is 2.26. The number of carbonyl (C=O) groups is 2. The smallest absolute Gasteiger partial charge is 0.290 e. The van der Waals surface area contributed by atoms with Gasteiger partial charge >= 0.3 is 0 Å². The van der Waals surface area contributed by atoms with E-state index in [9.17, 15) is 14.0 Å². The number of nitrogens with zero attached hydrogens (tertiary/aromatic N) is 3. The largest absolute Gasteiger partial charge is 0.459 e. The van der Waals surface area contributed by atoms with Crippen LogP contribution < -0.4 is 0 Å². The Morgan fingerprint density at radius 2 is 1.89 bits per heavy atom. The Morgan fingerprint density at radius 3 is 2.64 bits per heavy atom. The third kappa shape index (κ3) is 4.93. The molecule has 1 aliphatic rings. The van der Waals surface area contributed by atoms with Crippen molar-refractivity contribution in [2.24, 2.45) is 0 Å². The molecule has 0 saturated carbocycles. The van der Waals surface area contributed by atoms with Gasteiger partial charge in [-0.3, -0.25) is 14.7 Å². The first-order valence-corrected chi connectivity index (χ1v) is 12.0. The summed E-state index contributed by atoms with van der Waals surface area (Å²) in [6.07, 6.45) is 3.36. The van der Waals surface area contributed by atoms with Crippen molar-refractivity contribution in [2.45, 2.75) is 31.8 Å². The summed E-state index contributed by atoms with van der Waals surface area (Å²) in [5.41, 5.74) is 4.66. The molecule has 2 aromatic carbocycles. The zero-order valence-electron chi connectivity index (χ0n) is 20.0. The first kappa shape index (κ1) is 23.5. The average molecular weight is 487 g/mol. The molecule has 0 aliphatic carbocycles. The van der Waals surface area contributed by atoms with Crippen LogP contribution in [0.5, 0.6) is 0 Å². The van der Waals surface area contributed by atoms with Gasteiger partial charge < -0.3 is 14.2 Å². The second kappa shape index (κ2) is 10.2. The molecular formula is C28H27FN4O3. The number of aromatic amines is 1. The lowest BCUT2D eigenvalue weighted by Crippen LogP contribution is -2.53. The van der Waals surface area contributed by atoms with Crippen LogP contribution in [0.2, 0.25) is 0 Å². The molecule has 0 radical (unpaired) electrons. The molecule has 1 unspecified atom stereocenters. The van der Waals surface area contributed by atoms with Gasteiger partial charge in [-0.2, -0.15) is 5.10 Å². The van der Waals surface area contributed by atoms with Crippen LogP contribution in [-0.4, -0.2) is 51.4 Å². The fraction of sp³-hybridized carbons (Fsp3) is 0.250. The summed E-state index contributed by atoms with van der Waals surface area (Å²) in [6, 6.07) is 18.8. The molecule has 0 saturated heterocycles. The molecule has 2 aromatic heterocycles. The zero-order valence-corrected chi connectivity index (χ0v) is 20.0. The minimum absolute atomic E-state index is 0.0963. The minimum Gasteiger partial charge on any atom is -0.459 e. The minimum atomic E-state index is -0.597. The van der Waals surface area contributed by atoms with Crippen LogP contribution in [0.3, 0.4) is 0 Å². The molecule has 4 aromatic rings. The molecular weight excluding hydrogens is 459 g/mol. The lowest BCUT2D eigenvalue weighted by atomic mass is 9.93. The van der Waals surface area contributed by atoms with Crippen LogP contribution >= 0.6 is 0 Å². The van der Waals surface area contributed by atoms with Gasteiger partial charge in [0, 0.05) is 37.8 Å². The number of nitrogens with one attached hydrogen (secondary N) is 1. The van der Waals surface area contributed by atoms with E-state index in [-0.39, 0.29) is 23.4 Å². The van der Waals surface area contributed by atoms with Crippen molar-refractivity contribution in [1.29, 1.82) is 0 Å². The van der Waals surface area contributed by atoms with Crippen LogP contribution in [0, 0.1) is 5.82 Å². The quantitative estimate of drug-likeness (QED) is 0.418. The molecule has 7 nitrogen and oxygen atoms in total. The number of hydrogen-bond acceptors (Lipinski definition) is 4. The molecule has 1 N–H and O–H groups in total. The molecule has 5 rings (SSSR count). The lowest BCUT2D eigenvalue weighted by Gasteiger charge is -2.37. The van der Waals surface area contributed by atoms with E-state index in [4.69, 9.17) is 4.42 Å². The molecule has 1 aliphatic heterocycles. The summed E-state index contributed by atoms with van der Waals surface area (Å²) in [4.78, 5) is 30.0. The van der Waals surface area contributed by atoms with Gasteiger partial charge in [-0.05, 0) is 66.4 Å². The highest BCUT2D eigenvalue weighted by Gasteiger charge is 2.37. The van der Waals surface area contributed by atoms with Crippen molar-refractivity contribution in [3.63, 3.8) is 0 Å². The van der Waals surface area contributed by atoms with Gasteiger partial charge in [0.15, 0.2) is 5.76 Å². The number of likely N-dealkylation sites (N-methyl/N-ethyl adjacent to an activating group) is 1. The molecule has 8 heteroatoms. The predicted octanol–water partition coefficient (Wildman–Crippen LogP) is 4.47. The van der Waals surface area contributed by atoms with Crippen molar-refractivity contribution >= 4 is 11.8 Å². The molecule has 2 amide bonds. The second-order valence-electron chi connectivity index (χ2n) is 9.05. The summed E-state index contributed by atoms with van der Waals surface area (Å²) in [6.45, 7) is 0.894. The maximum Gasteiger partial charge on any atom is 0.290 e. The lowest BCUT2D eigenvalue weighted by molar-refractivity contribution is -0.135. The summed E-state index contributed by atoms with van der Waals surface area (Å²) in [5, 5.41) is 7.34. The molecule has 36 heavy (non-hydrogen) atoms. The topological polar surface area (TPSA) is 82.4 Å². The van der Waals surface area contributed by atoms with E-state index < -0.39 is 6.04 Å². The van der Waals surface area contributed by atoms with Crippen LogP contribution in [0.15, 0.2) is 77.4 Å². The first-order chi connectivity index (χ1) is 17.5. The van der Waals surface area contributed by atoms with E-state index in [2.05, 4.69) is 10.2 Å². The SMILES string of the molecule is CN(CCCc1cc(-c2ccc(F)cc2)n[nH]1)C(=O)C1Cc2ccccc2CN1C(=O)c1ccco1. The highest BCUT2D eigenvalue weighted by atomic mass is 19.1. The third-order valence-corrected chi connectivity index (χ3v) is 6.61. The number of benzene rings is 2. The van der Waals surface area contributed by atoms with Gasteiger partial charge in [0.2, 0.25) is 5.91 Å². The maximum atomic E-state index is 13.5.